The second-order valence-electron chi connectivity index (χ2n) is 6.57. The Morgan fingerprint density at radius 2 is 2.10 bits per heavy atom. The lowest BCUT2D eigenvalue weighted by atomic mass is 9.85. The Labute approximate surface area is 126 Å². The van der Waals surface area contributed by atoms with Crippen LogP contribution in [0.2, 0.25) is 5.02 Å². The van der Waals surface area contributed by atoms with E-state index in [-0.39, 0.29) is 5.82 Å². The molecule has 0 saturated heterocycles. The van der Waals surface area contributed by atoms with Crippen molar-refractivity contribution in [2.24, 2.45) is 11.8 Å². The van der Waals surface area contributed by atoms with Crippen LogP contribution < -0.4 is 0 Å². The molecule has 0 radical (unpaired) electrons. The normalized spacial score (nSPS) is 27.6. The zero-order valence-corrected chi connectivity index (χ0v) is 13.1. The summed E-state index contributed by atoms with van der Waals surface area (Å²) < 4.78 is 13.3. The maximum absolute atomic E-state index is 13.3. The average molecular weight is 299 g/mol. The topological polar surface area (TPSA) is 20.2 Å². The van der Waals surface area contributed by atoms with Crippen LogP contribution in [0.3, 0.4) is 0 Å². The molecular formula is C17H24ClFO. The minimum absolute atomic E-state index is 0.290. The molecule has 1 fully saturated rings. The van der Waals surface area contributed by atoms with Gasteiger partial charge in [-0.1, -0.05) is 38.3 Å². The van der Waals surface area contributed by atoms with Gasteiger partial charge in [-0.05, 0) is 54.9 Å². The first-order valence-electron chi connectivity index (χ1n) is 7.56. The van der Waals surface area contributed by atoms with Gasteiger partial charge in [-0.15, -0.1) is 0 Å². The van der Waals surface area contributed by atoms with Crippen molar-refractivity contribution in [1.82, 2.24) is 0 Å². The summed E-state index contributed by atoms with van der Waals surface area (Å²) in [5.74, 6) is 1.06. The summed E-state index contributed by atoms with van der Waals surface area (Å²) in [6.07, 6.45) is 5.27. The van der Waals surface area contributed by atoms with E-state index in [2.05, 4.69) is 13.8 Å². The SMILES string of the molecule is CC(C)C1CCCC(O)(Cc2cc(F)ccc2Cl)CC1. The molecular weight excluding hydrogens is 275 g/mol. The predicted molar refractivity (Wildman–Crippen MR) is 81.5 cm³/mol. The summed E-state index contributed by atoms with van der Waals surface area (Å²) in [5, 5.41) is 11.4. The predicted octanol–water partition coefficient (Wildman–Crippen LogP) is 4.99. The summed E-state index contributed by atoms with van der Waals surface area (Å²) in [6, 6.07) is 4.38. The molecule has 1 aromatic rings. The second-order valence-corrected chi connectivity index (χ2v) is 6.98. The van der Waals surface area contributed by atoms with E-state index >= 15 is 0 Å². The second kappa shape index (κ2) is 6.44. The standard InChI is InChI=1S/C17H24ClFO/c1-12(2)13-4-3-8-17(20,9-7-13)11-14-10-15(19)5-6-16(14)18/h5-6,10,12-13,20H,3-4,7-9,11H2,1-2H3. The van der Waals surface area contributed by atoms with E-state index in [1.807, 2.05) is 0 Å². The van der Waals surface area contributed by atoms with Crippen molar-refractivity contribution in [3.05, 3.63) is 34.6 Å². The molecule has 1 N–H and O–H groups in total. The highest BCUT2D eigenvalue weighted by Gasteiger charge is 2.32. The molecule has 0 amide bonds. The third-order valence-corrected chi connectivity index (χ3v) is 5.04. The van der Waals surface area contributed by atoms with E-state index in [1.165, 1.54) is 18.6 Å². The van der Waals surface area contributed by atoms with Crippen LogP contribution in [0.4, 0.5) is 4.39 Å². The maximum atomic E-state index is 13.3. The highest BCUT2D eigenvalue weighted by molar-refractivity contribution is 6.31. The molecule has 2 rings (SSSR count). The van der Waals surface area contributed by atoms with Crippen LogP contribution in [0.25, 0.3) is 0 Å². The van der Waals surface area contributed by atoms with E-state index in [0.717, 1.165) is 31.2 Å². The molecule has 0 bridgehead atoms. The molecule has 0 spiro atoms. The fourth-order valence-corrected chi connectivity index (χ4v) is 3.48. The summed E-state index contributed by atoms with van der Waals surface area (Å²) >= 11 is 6.12. The molecule has 20 heavy (non-hydrogen) atoms. The van der Waals surface area contributed by atoms with Crippen molar-refractivity contribution in [1.29, 1.82) is 0 Å². The zero-order chi connectivity index (χ0) is 14.8. The zero-order valence-electron chi connectivity index (χ0n) is 12.3. The molecule has 0 aromatic heterocycles. The quantitative estimate of drug-likeness (QED) is 0.780. The van der Waals surface area contributed by atoms with E-state index < -0.39 is 5.60 Å². The smallest absolute Gasteiger partial charge is 0.123 e. The van der Waals surface area contributed by atoms with Crippen LogP contribution in [0.15, 0.2) is 18.2 Å². The minimum Gasteiger partial charge on any atom is -0.390 e. The fourth-order valence-electron chi connectivity index (χ4n) is 3.29. The van der Waals surface area contributed by atoms with Gasteiger partial charge >= 0.3 is 0 Å². The van der Waals surface area contributed by atoms with Gasteiger partial charge in [0.15, 0.2) is 0 Å². The molecule has 1 aliphatic carbocycles. The first kappa shape index (κ1) is 15.8. The van der Waals surface area contributed by atoms with Crippen molar-refractivity contribution in [3.63, 3.8) is 0 Å². The van der Waals surface area contributed by atoms with Crippen LogP contribution in [0, 0.1) is 17.7 Å². The maximum Gasteiger partial charge on any atom is 0.123 e. The minimum atomic E-state index is -0.735. The summed E-state index contributed by atoms with van der Waals surface area (Å²) in [7, 11) is 0. The monoisotopic (exact) mass is 298 g/mol. The highest BCUT2D eigenvalue weighted by Crippen LogP contribution is 2.36. The molecule has 1 aliphatic rings. The number of rotatable bonds is 3. The number of halogens is 2. The van der Waals surface area contributed by atoms with Crippen molar-refractivity contribution in [2.45, 2.75) is 58.0 Å². The van der Waals surface area contributed by atoms with Gasteiger partial charge in [0.1, 0.15) is 5.82 Å². The molecule has 1 nitrogen and oxygen atoms in total. The number of hydrogen-bond acceptors (Lipinski definition) is 1. The fraction of sp³-hybridized carbons (Fsp3) is 0.647. The van der Waals surface area contributed by atoms with Crippen molar-refractivity contribution >= 4 is 11.6 Å². The lowest BCUT2D eigenvalue weighted by Gasteiger charge is -2.27. The lowest BCUT2D eigenvalue weighted by molar-refractivity contribution is 0.0236. The van der Waals surface area contributed by atoms with Crippen LogP contribution in [0.1, 0.15) is 51.5 Å². The Morgan fingerprint density at radius 1 is 1.35 bits per heavy atom. The molecule has 1 saturated carbocycles. The van der Waals surface area contributed by atoms with E-state index in [4.69, 9.17) is 11.6 Å². The van der Waals surface area contributed by atoms with E-state index in [9.17, 15) is 9.50 Å². The van der Waals surface area contributed by atoms with Crippen LogP contribution in [-0.4, -0.2) is 10.7 Å². The van der Waals surface area contributed by atoms with Crippen molar-refractivity contribution in [2.75, 3.05) is 0 Å². The van der Waals surface area contributed by atoms with Crippen LogP contribution in [0.5, 0.6) is 0 Å². The number of benzene rings is 1. The Hall–Kier alpha value is -0.600. The van der Waals surface area contributed by atoms with Gasteiger partial charge in [-0.25, -0.2) is 4.39 Å². The Bertz CT molecular complexity index is 460. The average Bonchev–Trinajstić information content (AvgIpc) is 2.56. The van der Waals surface area contributed by atoms with Gasteiger partial charge in [0.2, 0.25) is 0 Å². The molecule has 112 valence electrons. The first-order valence-corrected chi connectivity index (χ1v) is 7.94. The molecule has 0 heterocycles. The highest BCUT2D eigenvalue weighted by atomic mass is 35.5. The van der Waals surface area contributed by atoms with Crippen molar-refractivity contribution in [3.8, 4) is 0 Å². The summed E-state index contributed by atoms with van der Waals surface area (Å²) in [5.41, 5.74) is -0.0155. The molecule has 0 aliphatic heterocycles. The molecule has 3 heteroatoms. The van der Waals surface area contributed by atoms with Gasteiger partial charge in [0.25, 0.3) is 0 Å². The van der Waals surface area contributed by atoms with Gasteiger partial charge in [-0.3, -0.25) is 0 Å². The molecule has 2 atom stereocenters. The lowest BCUT2D eigenvalue weighted by Crippen LogP contribution is -2.31. The Balaban J connectivity index is 2.09. The van der Waals surface area contributed by atoms with Crippen LogP contribution in [-0.2, 0) is 6.42 Å². The van der Waals surface area contributed by atoms with E-state index in [0.29, 0.717) is 23.3 Å². The van der Waals surface area contributed by atoms with E-state index in [1.54, 1.807) is 6.07 Å². The summed E-state index contributed by atoms with van der Waals surface area (Å²) in [4.78, 5) is 0. The van der Waals surface area contributed by atoms with Crippen molar-refractivity contribution < 1.29 is 9.50 Å². The van der Waals surface area contributed by atoms with Gasteiger partial charge in [-0.2, -0.15) is 0 Å². The first-order chi connectivity index (χ1) is 9.39. The molecule has 1 aromatic carbocycles. The number of hydrogen-bond donors (Lipinski definition) is 1. The van der Waals surface area contributed by atoms with Gasteiger partial charge < -0.3 is 5.11 Å². The summed E-state index contributed by atoms with van der Waals surface area (Å²) in [6.45, 7) is 4.50. The number of aliphatic hydroxyl groups is 1. The Morgan fingerprint density at radius 3 is 2.80 bits per heavy atom. The largest absolute Gasteiger partial charge is 0.390 e. The van der Waals surface area contributed by atoms with Gasteiger partial charge in [0.05, 0.1) is 5.60 Å². The van der Waals surface area contributed by atoms with Gasteiger partial charge in [0, 0.05) is 11.4 Å². The molecule has 2 unspecified atom stereocenters. The van der Waals surface area contributed by atoms with Crippen LogP contribution >= 0.6 is 11.6 Å². The third-order valence-electron chi connectivity index (χ3n) is 4.67. The third kappa shape index (κ3) is 3.95. The Kier molecular flexibility index (Phi) is 5.09.